The molecule has 4 N–H and O–H groups in total. The Morgan fingerprint density at radius 1 is 1.41 bits per heavy atom. The number of nitrogens with two attached hydrogens (primary N) is 1. The van der Waals surface area contributed by atoms with Gasteiger partial charge in [0.1, 0.15) is 29.8 Å². The maximum Gasteiger partial charge on any atom is 0.147 e. The summed E-state index contributed by atoms with van der Waals surface area (Å²) in [7, 11) is 0. The van der Waals surface area contributed by atoms with Crippen molar-refractivity contribution in [1.82, 2.24) is 20.6 Å². The van der Waals surface area contributed by atoms with E-state index in [0.29, 0.717) is 0 Å². The summed E-state index contributed by atoms with van der Waals surface area (Å²) in [4.78, 5) is 3.82. The summed E-state index contributed by atoms with van der Waals surface area (Å²) >= 11 is 2.98. The highest BCUT2D eigenvalue weighted by Crippen LogP contribution is 2.28. The SMILES string of the molecule is NNC(c1ncn[nH]1)c1c(F)ccc(Br)c1F. The Morgan fingerprint density at radius 3 is 2.76 bits per heavy atom. The normalized spacial score (nSPS) is 12.7. The lowest BCUT2D eigenvalue weighted by Crippen LogP contribution is -2.31. The number of hydrogen-bond donors (Lipinski definition) is 3. The highest BCUT2D eigenvalue weighted by atomic mass is 79.9. The van der Waals surface area contributed by atoms with Crippen LogP contribution in [0.2, 0.25) is 0 Å². The third-order valence-corrected chi connectivity index (χ3v) is 2.85. The van der Waals surface area contributed by atoms with Crippen molar-refractivity contribution in [2.75, 3.05) is 0 Å². The maximum absolute atomic E-state index is 13.8. The van der Waals surface area contributed by atoms with E-state index >= 15 is 0 Å². The minimum Gasteiger partial charge on any atom is -0.270 e. The van der Waals surface area contributed by atoms with Gasteiger partial charge in [-0.25, -0.2) is 19.2 Å². The van der Waals surface area contributed by atoms with Gasteiger partial charge in [-0.3, -0.25) is 10.9 Å². The van der Waals surface area contributed by atoms with Crippen LogP contribution < -0.4 is 11.3 Å². The number of aromatic amines is 1. The molecule has 1 unspecified atom stereocenters. The molecule has 0 spiro atoms. The second kappa shape index (κ2) is 4.86. The molecule has 2 rings (SSSR count). The van der Waals surface area contributed by atoms with Gasteiger partial charge in [-0.05, 0) is 28.1 Å². The molecule has 0 saturated heterocycles. The van der Waals surface area contributed by atoms with E-state index in [1.807, 2.05) is 0 Å². The number of aromatic nitrogens is 3. The van der Waals surface area contributed by atoms with Gasteiger partial charge in [-0.2, -0.15) is 5.10 Å². The average molecular weight is 304 g/mol. The van der Waals surface area contributed by atoms with Gasteiger partial charge < -0.3 is 0 Å². The van der Waals surface area contributed by atoms with Crippen LogP contribution in [0.15, 0.2) is 22.9 Å². The van der Waals surface area contributed by atoms with E-state index in [2.05, 4.69) is 36.5 Å². The van der Waals surface area contributed by atoms with Gasteiger partial charge in [0.05, 0.1) is 10.0 Å². The molecule has 17 heavy (non-hydrogen) atoms. The Balaban J connectivity index is 2.55. The number of benzene rings is 1. The molecule has 90 valence electrons. The summed E-state index contributed by atoms with van der Waals surface area (Å²) in [5, 5.41) is 6.12. The second-order valence-corrected chi connectivity index (χ2v) is 4.08. The Morgan fingerprint density at radius 2 is 2.18 bits per heavy atom. The van der Waals surface area contributed by atoms with E-state index in [0.717, 1.165) is 6.07 Å². The van der Waals surface area contributed by atoms with Gasteiger partial charge in [-0.1, -0.05) is 0 Å². The van der Waals surface area contributed by atoms with Crippen molar-refractivity contribution in [3.63, 3.8) is 0 Å². The average Bonchev–Trinajstić information content (AvgIpc) is 2.83. The van der Waals surface area contributed by atoms with Crippen LogP contribution in [0.5, 0.6) is 0 Å². The lowest BCUT2D eigenvalue weighted by molar-refractivity contribution is 0.497. The van der Waals surface area contributed by atoms with Crippen molar-refractivity contribution in [2.24, 2.45) is 5.84 Å². The fraction of sp³-hybridized carbons (Fsp3) is 0.111. The monoisotopic (exact) mass is 303 g/mol. The van der Waals surface area contributed by atoms with Crippen molar-refractivity contribution in [1.29, 1.82) is 0 Å². The van der Waals surface area contributed by atoms with Crippen molar-refractivity contribution < 1.29 is 8.78 Å². The molecule has 0 bridgehead atoms. The van der Waals surface area contributed by atoms with Crippen molar-refractivity contribution in [3.8, 4) is 0 Å². The standard InChI is InChI=1S/C9H8BrF2N5/c10-4-1-2-5(11)6(7(4)12)8(16-13)9-14-3-15-17-9/h1-3,8,16H,13H2,(H,14,15,17). The lowest BCUT2D eigenvalue weighted by Gasteiger charge is -2.15. The molecular weight excluding hydrogens is 296 g/mol. The predicted octanol–water partition coefficient (Wildman–Crippen LogP) is 1.40. The van der Waals surface area contributed by atoms with Crippen LogP contribution in [-0.4, -0.2) is 15.2 Å². The molecule has 8 heteroatoms. The van der Waals surface area contributed by atoms with E-state index in [-0.39, 0.29) is 15.9 Å². The first-order valence-electron chi connectivity index (χ1n) is 4.60. The van der Waals surface area contributed by atoms with Gasteiger partial charge in [0.25, 0.3) is 0 Å². The topological polar surface area (TPSA) is 79.6 Å². The molecule has 1 heterocycles. The van der Waals surface area contributed by atoms with Crippen LogP contribution in [0, 0.1) is 11.6 Å². The number of hydrogen-bond acceptors (Lipinski definition) is 4. The molecule has 0 aliphatic carbocycles. The number of H-pyrrole nitrogens is 1. The largest absolute Gasteiger partial charge is 0.270 e. The van der Waals surface area contributed by atoms with Gasteiger partial charge in [-0.15, -0.1) is 0 Å². The number of rotatable bonds is 3. The van der Waals surface area contributed by atoms with Gasteiger partial charge in [0.15, 0.2) is 0 Å². The van der Waals surface area contributed by atoms with E-state index in [1.54, 1.807) is 0 Å². The Kier molecular flexibility index (Phi) is 3.46. The highest BCUT2D eigenvalue weighted by molar-refractivity contribution is 9.10. The number of nitrogens with one attached hydrogen (secondary N) is 2. The summed E-state index contributed by atoms with van der Waals surface area (Å²) < 4.78 is 27.6. The van der Waals surface area contributed by atoms with Crippen molar-refractivity contribution >= 4 is 15.9 Å². The minimum absolute atomic E-state index is 0.147. The van der Waals surface area contributed by atoms with E-state index in [9.17, 15) is 8.78 Å². The molecular formula is C9H8BrF2N5. The predicted molar refractivity (Wildman–Crippen MR) is 59.6 cm³/mol. The molecule has 0 amide bonds. The van der Waals surface area contributed by atoms with Crippen LogP contribution >= 0.6 is 15.9 Å². The summed E-state index contributed by atoms with van der Waals surface area (Å²) in [5.74, 6) is 4.07. The van der Waals surface area contributed by atoms with Gasteiger partial charge in [0.2, 0.25) is 0 Å². The van der Waals surface area contributed by atoms with Crippen LogP contribution in [0.1, 0.15) is 17.4 Å². The molecule has 0 aliphatic rings. The Labute approximate surface area is 104 Å². The number of hydrazine groups is 1. The second-order valence-electron chi connectivity index (χ2n) is 3.23. The van der Waals surface area contributed by atoms with Crippen molar-refractivity contribution in [3.05, 3.63) is 46.0 Å². The number of halogens is 3. The van der Waals surface area contributed by atoms with E-state index < -0.39 is 17.7 Å². The molecule has 1 aromatic carbocycles. The van der Waals surface area contributed by atoms with Gasteiger partial charge >= 0.3 is 0 Å². The fourth-order valence-electron chi connectivity index (χ4n) is 1.46. The highest BCUT2D eigenvalue weighted by Gasteiger charge is 2.24. The first kappa shape index (κ1) is 12.1. The Bertz CT molecular complexity index is 516. The molecule has 0 fully saturated rings. The molecule has 5 nitrogen and oxygen atoms in total. The van der Waals surface area contributed by atoms with E-state index in [1.165, 1.54) is 12.4 Å². The molecule has 1 atom stereocenters. The first-order chi connectivity index (χ1) is 8.15. The zero-order chi connectivity index (χ0) is 12.4. The lowest BCUT2D eigenvalue weighted by atomic mass is 10.1. The third kappa shape index (κ3) is 2.19. The van der Waals surface area contributed by atoms with Crippen LogP contribution in [-0.2, 0) is 0 Å². The van der Waals surface area contributed by atoms with E-state index in [4.69, 9.17) is 5.84 Å². The Hall–Kier alpha value is -1.38. The zero-order valence-corrected chi connectivity index (χ0v) is 10.0. The smallest absolute Gasteiger partial charge is 0.147 e. The van der Waals surface area contributed by atoms with Crippen LogP contribution in [0.3, 0.4) is 0 Å². The summed E-state index contributed by atoms with van der Waals surface area (Å²) in [6, 6.07) is 1.49. The number of nitrogens with zero attached hydrogens (tertiary/aromatic N) is 2. The molecule has 0 aliphatic heterocycles. The molecule has 0 radical (unpaired) electrons. The summed E-state index contributed by atoms with van der Waals surface area (Å²) in [6.07, 6.45) is 1.23. The first-order valence-corrected chi connectivity index (χ1v) is 5.39. The summed E-state index contributed by atoms with van der Waals surface area (Å²) in [5.41, 5.74) is 2.07. The molecule has 1 aromatic heterocycles. The maximum atomic E-state index is 13.8. The zero-order valence-electron chi connectivity index (χ0n) is 8.42. The third-order valence-electron chi connectivity index (χ3n) is 2.24. The van der Waals surface area contributed by atoms with Crippen LogP contribution in [0.4, 0.5) is 8.78 Å². The van der Waals surface area contributed by atoms with Crippen molar-refractivity contribution in [2.45, 2.75) is 6.04 Å². The molecule has 0 saturated carbocycles. The van der Waals surface area contributed by atoms with Gasteiger partial charge in [0, 0.05) is 0 Å². The molecule has 2 aromatic rings. The minimum atomic E-state index is -0.935. The quantitative estimate of drug-likeness (QED) is 0.455. The summed E-state index contributed by atoms with van der Waals surface area (Å²) in [6.45, 7) is 0. The van der Waals surface area contributed by atoms with Crippen LogP contribution in [0.25, 0.3) is 0 Å². The fourth-order valence-corrected chi connectivity index (χ4v) is 1.81.